The van der Waals surface area contributed by atoms with E-state index in [4.69, 9.17) is 9.47 Å². The van der Waals surface area contributed by atoms with Crippen molar-refractivity contribution in [3.05, 3.63) is 71.3 Å². The van der Waals surface area contributed by atoms with Crippen molar-refractivity contribution in [3.8, 4) is 0 Å². The van der Waals surface area contributed by atoms with Crippen LogP contribution in [-0.2, 0) is 15.9 Å². The zero-order valence-corrected chi connectivity index (χ0v) is 10.8. The highest BCUT2D eigenvalue weighted by Gasteiger charge is 2.08. The molecule has 0 aliphatic rings. The molecule has 0 saturated carbocycles. The van der Waals surface area contributed by atoms with Gasteiger partial charge in [0.2, 0.25) is 0 Å². The minimum absolute atomic E-state index is 0.291. The van der Waals surface area contributed by atoms with Gasteiger partial charge >= 0.3 is 0 Å². The van der Waals surface area contributed by atoms with E-state index in [1.807, 2.05) is 18.2 Å². The summed E-state index contributed by atoms with van der Waals surface area (Å²) in [6.07, 6.45) is 0.634. The zero-order valence-electron chi connectivity index (χ0n) is 10.8. The van der Waals surface area contributed by atoms with E-state index in [2.05, 4.69) is 36.4 Å². The molecule has 18 heavy (non-hydrogen) atoms. The summed E-state index contributed by atoms with van der Waals surface area (Å²) < 4.78 is 10.5. The Hall–Kier alpha value is -1.64. The summed E-state index contributed by atoms with van der Waals surface area (Å²) >= 11 is 0. The van der Waals surface area contributed by atoms with Crippen LogP contribution in [0.1, 0.15) is 23.0 Å². The molecule has 0 aliphatic carbocycles. The van der Waals surface area contributed by atoms with Crippen LogP contribution in [0, 0.1) is 0 Å². The highest BCUT2D eigenvalue weighted by Crippen LogP contribution is 2.19. The molecule has 0 N–H and O–H groups in total. The molecular formula is C16H18O2. The highest BCUT2D eigenvalue weighted by molar-refractivity contribution is 5.30. The number of hydrogen-bond acceptors (Lipinski definition) is 2. The predicted octanol–water partition coefficient (Wildman–Crippen LogP) is 3.57. The second-order valence-electron chi connectivity index (χ2n) is 4.21. The first-order valence-electron chi connectivity index (χ1n) is 6.02. The molecule has 0 bridgehead atoms. The quantitative estimate of drug-likeness (QED) is 0.746. The van der Waals surface area contributed by atoms with Crippen molar-refractivity contribution < 1.29 is 9.47 Å². The Morgan fingerprint density at radius 3 is 2.17 bits per heavy atom. The molecule has 2 nitrogen and oxygen atoms in total. The average molecular weight is 242 g/mol. The smallest absolute Gasteiger partial charge is 0.183 e. The van der Waals surface area contributed by atoms with E-state index in [0.717, 1.165) is 12.0 Å². The molecule has 0 aliphatic heterocycles. The minimum Gasteiger partial charge on any atom is -0.352 e. The van der Waals surface area contributed by atoms with Crippen molar-refractivity contribution in [2.45, 2.75) is 12.7 Å². The lowest BCUT2D eigenvalue weighted by Gasteiger charge is -2.14. The van der Waals surface area contributed by atoms with E-state index in [0.29, 0.717) is 0 Å². The van der Waals surface area contributed by atoms with Gasteiger partial charge in [0, 0.05) is 19.8 Å². The molecule has 2 aromatic rings. The first kappa shape index (κ1) is 12.8. The molecular weight excluding hydrogens is 224 g/mol. The van der Waals surface area contributed by atoms with Crippen LogP contribution in [0.2, 0.25) is 0 Å². The van der Waals surface area contributed by atoms with E-state index < -0.39 is 0 Å². The Labute approximate surface area is 108 Å². The van der Waals surface area contributed by atoms with E-state index in [9.17, 15) is 0 Å². The Bertz CT molecular complexity index is 475. The van der Waals surface area contributed by atoms with Gasteiger partial charge in [0.05, 0.1) is 0 Å². The summed E-state index contributed by atoms with van der Waals surface area (Å²) in [5, 5.41) is 0. The van der Waals surface area contributed by atoms with Crippen molar-refractivity contribution in [3.63, 3.8) is 0 Å². The largest absolute Gasteiger partial charge is 0.352 e. The normalized spacial score (nSPS) is 10.8. The number of hydrogen-bond donors (Lipinski definition) is 0. The summed E-state index contributed by atoms with van der Waals surface area (Å²) in [5.74, 6) is 0. The molecule has 0 fully saturated rings. The van der Waals surface area contributed by atoms with Gasteiger partial charge in [0.1, 0.15) is 0 Å². The van der Waals surface area contributed by atoms with Crippen molar-refractivity contribution >= 4 is 0 Å². The van der Waals surface area contributed by atoms with Crippen molar-refractivity contribution in [2.24, 2.45) is 0 Å². The first-order valence-corrected chi connectivity index (χ1v) is 6.02. The molecule has 0 heterocycles. The van der Waals surface area contributed by atoms with Gasteiger partial charge in [0.25, 0.3) is 0 Å². The van der Waals surface area contributed by atoms with Crippen LogP contribution in [0.15, 0.2) is 54.6 Å². The third-order valence-corrected chi connectivity index (χ3v) is 2.90. The van der Waals surface area contributed by atoms with Gasteiger partial charge in [-0.05, 0) is 17.5 Å². The van der Waals surface area contributed by atoms with Crippen LogP contribution in [0.25, 0.3) is 0 Å². The van der Waals surface area contributed by atoms with Gasteiger partial charge in [-0.3, -0.25) is 0 Å². The van der Waals surface area contributed by atoms with E-state index in [1.165, 1.54) is 11.1 Å². The topological polar surface area (TPSA) is 18.5 Å². The first-order chi connectivity index (χ1) is 8.83. The van der Waals surface area contributed by atoms with Crippen molar-refractivity contribution in [2.75, 3.05) is 14.2 Å². The van der Waals surface area contributed by atoms with Crippen LogP contribution < -0.4 is 0 Å². The molecule has 94 valence electrons. The third kappa shape index (κ3) is 3.19. The Kier molecular flexibility index (Phi) is 4.51. The molecule has 0 spiro atoms. The average Bonchev–Trinajstić information content (AvgIpc) is 2.42. The fraction of sp³-hybridized carbons (Fsp3) is 0.250. The molecule has 0 unspecified atom stereocenters. The van der Waals surface area contributed by atoms with Gasteiger partial charge in [-0.25, -0.2) is 0 Å². The van der Waals surface area contributed by atoms with E-state index >= 15 is 0 Å². The summed E-state index contributed by atoms with van der Waals surface area (Å²) in [6, 6.07) is 18.7. The lowest BCUT2D eigenvalue weighted by atomic mass is 10.0. The molecule has 0 aromatic heterocycles. The van der Waals surface area contributed by atoms with Gasteiger partial charge in [-0.2, -0.15) is 0 Å². The predicted molar refractivity (Wildman–Crippen MR) is 72.4 cm³/mol. The monoisotopic (exact) mass is 242 g/mol. The van der Waals surface area contributed by atoms with Crippen LogP contribution in [0.5, 0.6) is 0 Å². The second-order valence-corrected chi connectivity index (χ2v) is 4.21. The highest BCUT2D eigenvalue weighted by atomic mass is 16.7. The van der Waals surface area contributed by atoms with E-state index in [-0.39, 0.29) is 6.29 Å². The minimum atomic E-state index is -0.291. The van der Waals surface area contributed by atoms with Crippen LogP contribution in [-0.4, -0.2) is 14.2 Å². The molecule has 2 heteroatoms. The van der Waals surface area contributed by atoms with Gasteiger partial charge in [-0.15, -0.1) is 0 Å². The maximum absolute atomic E-state index is 5.27. The fourth-order valence-electron chi connectivity index (χ4n) is 2.05. The SMILES string of the molecule is COC(OC)c1cccc(Cc2ccccc2)c1. The fourth-order valence-corrected chi connectivity index (χ4v) is 2.05. The Morgan fingerprint density at radius 2 is 1.50 bits per heavy atom. The number of methoxy groups -OCH3 is 2. The Balaban J connectivity index is 2.17. The Morgan fingerprint density at radius 1 is 0.833 bits per heavy atom. The maximum atomic E-state index is 5.27. The molecule has 2 rings (SSSR count). The standard InChI is InChI=1S/C16H18O2/c1-17-16(18-2)15-10-6-9-14(12-15)11-13-7-4-3-5-8-13/h3-10,12,16H,11H2,1-2H3. The van der Waals surface area contributed by atoms with Crippen LogP contribution in [0.4, 0.5) is 0 Å². The number of ether oxygens (including phenoxy) is 2. The van der Waals surface area contributed by atoms with E-state index in [1.54, 1.807) is 14.2 Å². The van der Waals surface area contributed by atoms with Gasteiger partial charge in [0.15, 0.2) is 6.29 Å². The van der Waals surface area contributed by atoms with Gasteiger partial charge < -0.3 is 9.47 Å². The molecule has 0 atom stereocenters. The summed E-state index contributed by atoms with van der Waals surface area (Å²) in [7, 11) is 3.30. The second kappa shape index (κ2) is 6.34. The lowest BCUT2D eigenvalue weighted by molar-refractivity contribution is -0.106. The van der Waals surface area contributed by atoms with Crippen LogP contribution >= 0.6 is 0 Å². The summed E-state index contributed by atoms with van der Waals surface area (Å²) in [6.45, 7) is 0. The molecule has 0 amide bonds. The molecule has 0 saturated heterocycles. The third-order valence-electron chi connectivity index (χ3n) is 2.90. The van der Waals surface area contributed by atoms with Crippen LogP contribution in [0.3, 0.4) is 0 Å². The summed E-state index contributed by atoms with van der Waals surface area (Å²) in [4.78, 5) is 0. The van der Waals surface area contributed by atoms with Gasteiger partial charge in [-0.1, -0.05) is 54.6 Å². The maximum Gasteiger partial charge on any atom is 0.183 e. The number of benzene rings is 2. The lowest BCUT2D eigenvalue weighted by Crippen LogP contribution is -2.04. The number of rotatable bonds is 5. The molecule has 2 aromatic carbocycles. The van der Waals surface area contributed by atoms with Crippen molar-refractivity contribution in [1.82, 2.24) is 0 Å². The summed E-state index contributed by atoms with van der Waals surface area (Å²) in [5.41, 5.74) is 3.62. The zero-order chi connectivity index (χ0) is 12.8. The molecule has 0 radical (unpaired) electrons. The van der Waals surface area contributed by atoms with Crippen molar-refractivity contribution in [1.29, 1.82) is 0 Å².